The van der Waals surface area contributed by atoms with E-state index in [9.17, 15) is 10.1 Å². The Hall–Kier alpha value is -1.88. The van der Waals surface area contributed by atoms with Gasteiger partial charge in [0.1, 0.15) is 0 Å². The molecule has 0 unspecified atom stereocenters. The van der Waals surface area contributed by atoms with Crippen molar-refractivity contribution in [2.24, 2.45) is 16.6 Å². The van der Waals surface area contributed by atoms with Gasteiger partial charge in [-0.3, -0.25) is 0 Å². The fourth-order valence-electron chi connectivity index (χ4n) is 0.186. The molecule has 0 saturated heterocycles. The number of rotatable bonds is 1. The van der Waals surface area contributed by atoms with Gasteiger partial charge in [0.05, 0.1) is 0 Å². The highest BCUT2D eigenvalue weighted by Gasteiger charge is 2.12. The lowest BCUT2D eigenvalue weighted by molar-refractivity contribution is -0.632. The van der Waals surface area contributed by atoms with Crippen molar-refractivity contribution in [3.8, 4) is 6.19 Å². The van der Waals surface area contributed by atoms with Crippen LogP contribution in [0.15, 0.2) is 4.99 Å². The highest BCUT2D eigenvalue weighted by atomic mass is 16.7. The molecule has 0 amide bonds. The van der Waals surface area contributed by atoms with Crippen molar-refractivity contribution in [3.05, 3.63) is 10.1 Å². The van der Waals surface area contributed by atoms with Crippen LogP contribution in [0, 0.1) is 21.6 Å². The van der Waals surface area contributed by atoms with Crippen molar-refractivity contribution in [2.45, 2.75) is 0 Å². The smallest absolute Gasteiger partial charge is 0.290 e. The van der Waals surface area contributed by atoms with Crippen LogP contribution in [-0.4, -0.2) is 16.1 Å². The standard InChI is InChI=1S/C2H4N6O2/c3-1-6-2(4)7(5)8(9)10/h5H2,(H2,4,6). The molecule has 0 aliphatic rings. The Morgan fingerprint density at radius 3 is 2.70 bits per heavy atom. The summed E-state index contributed by atoms with van der Waals surface area (Å²) in [5.41, 5.74) is 4.82. The topological polar surface area (TPSA) is 135 Å². The van der Waals surface area contributed by atoms with Crippen LogP contribution in [0.1, 0.15) is 0 Å². The molecule has 54 valence electrons. The normalized spacial score (nSPS) is 10.2. The average Bonchev–Trinajstić information content (AvgIpc) is 1.87. The van der Waals surface area contributed by atoms with E-state index in [0.717, 1.165) is 0 Å². The summed E-state index contributed by atoms with van der Waals surface area (Å²) in [6.45, 7) is 0. The summed E-state index contributed by atoms with van der Waals surface area (Å²) in [7, 11) is 0. The lowest BCUT2D eigenvalue weighted by Gasteiger charge is -2.01. The van der Waals surface area contributed by atoms with Crippen LogP contribution < -0.4 is 11.6 Å². The summed E-state index contributed by atoms with van der Waals surface area (Å²) < 4.78 is 0. The number of hydrogen-bond donors (Lipinski definition) is 2. The van der Waals surface area contributed by atoms with Crippen LogP contribution in [0.3, 0.4) is 0 Å². The third kappa shape index (κ3) is 1.93. The zero-order valence-corrected chi connectivity index (χ0v) is 4.76. The third-order valence-electron chi connectivity index (χ3n) is 0.575. The second-order valence-electron chi connectivity index (χ2n) is 1.15. The van der Waals surface area contributed by atoms with Gasteiger partial charge in [0.25, 0.3) is 5.96 Å². The van der Waals surface area contributed by atoms with E-state index in [-0.39, 0.29) is 5.12 Å². The molecule has 0 fully saturated rings. The predicted octanol–water partition coefficient (Wildman–Crippen LogP) is -1.85. The zero-order valence-electron chi connectivity index (χ0n) is 4.76. The third-order valence-corrected chi connectivity index (χ3v) is 0.575. The predicted molar refractivity (Wildman–Crippen MR) is 30.3 cm³/mol. The molecule has 0 saturated carbocycles. The molecule has 0 aromatic heterocycles. The number of hydrogen-bond acceptors (Lipinski definition) is 5. The Morgan fingerprint density at radius 2 is 2.40 bits per heavy atom. The Kier molecular flexibility index (Phi) is 2.60. The molecule has 10 heavy (non-hydrogen) atoms. The van der Waals surface area contributed by atoms with Gasteiger partial charge in [0, 0.05) is 5.12 Å². The number of guanidine groups is 1. The Morgan fingerprint density at radius 1 is 1.90 bits per heavy atom. The maximum atomic E-state index is 9.75. The van der Waals surface area contributed by atoms with Gasteiger partial charge in [-0.1, -0.05) is 0 Å². The number of nitriles is 1. The quantitative estimate of drug-likeness (QED) is 0.111. The highest BCUT2D eigenvalue weighted by molar-refractivity contribution is 5.77. The SMILES string of the molecule is N#CN=C(N)N(N)[N+](=O)[O-]. The van der Waals surface area contributed by atoms with Crippen LogP contribution in [-0.2, 0) is 0 Å². The summed E-state index contributed by atoms with van der Waals surface area (Å²) in [6, 6.07) is 0. The fraction of sp³-hybridized carbons (Fsp3) is 0. The first kappa shape index (κ1) is 8.12. The van der Waals surface area contributed by atoms with E-state index in [0.29, 0.717) is 0 Å². The van der Waals surface area contributed by atoms with Crippen molar-refractivity contribution >= 4 is 5.96 Å². The Balaban J connectivity index is 4.24. The van der Waals surface area contributed by atoms with Crippen molar-refractivity contribution in [3.63, 3.8) is 0 Å². The molecule has 0 atom stereocenters. The lowest BCUT2D eigenvalue weighted by Crippen LogP contribution is -2.46. The van der Waals surface area contributed by atoms with E-state index < -0.39 is 11.0 Å². The zero-order chi connectivity index (χ0) is 8.15. The van der Waals surface area contributed by atoms with Crippen molar-refractivity contribution in [2.75, 3.05) is 0 Å². The van der Waals surface area contributed by atoms with Gasteiger partial charge in [-0.25, -0.2) is 10.1 Å². The largest absolute Gasteiger partial charge is 0.363 e. The van der Waals surface area contributed by atoms with Gasteiger partial charge in [0.15, 0.2) is 5.03 Å². The number of hydrazine groups is 2. The summed E-state index contributed by atoms with van der Waals surface area (Å²) in [4.78, 5) is 12.6. The van der Waals surface area contributed by atoms with Gasteiger partial charge < -0.3 is 5.73 Å². The van der Waals surface area contributed by atoms with Gasteiger partial charge in [0.2, 0.25) is 6.19 Å². The molecule has 0 aromatic carbocycles. The minimum Gasteiger partial charge on any atom is -0.363 e. The van der Waals surface area contributed by atoms with Crippen LogP contribution in [0.2, 0.25) is 0 Å². The van der Waals surface area contributed by atoms with E-state index in [4.69, 9.17) is 11.0 Å². The molecular weight excluding hydrogens is 140 g/mol. The summed E-state index contributed by atoms with van der Waals surface area (Å²) in [6.07, 6.45) is 1.24. The highest BCUT2D eigenvalue weighted by Crippen LogP contribution is 1.76. The molecule has 8 heteroatoms. The summed E-state index contributed by atoms with van der Waals surface area (Å²) in [5, 5.41) is 16.5. The number of nitro groups is 1. The van der Waals surface area contributed by atoms with Crippen LogP contribution in [0.25, 0.3) is 0 Å². The van der Waals surface area contributed by atoms with Gasteiger partial charge in [-0.15, -0.1) is 4.99 Å². The maximum Gasteiger partial charge on any atom is 0.290 e. The second kappa shape index (κ2) is 3.21. The second-order valence-corrected chi connectivity index (χ2v) is 1.15. The van der Waals surface area contributed by atoms with Crippen LogP contribution in [0.5, 0.6) is 0 Å². The van der Waals surface area contributed by atoms with Gasteiger partial charge >= 0.3 is 0 Å². The number of nitrogens with zero attached hydrogens (tertiary/aromatic N) is 4. The monoisotopic (exact) mass is 144 g/mol. The number of aliphatic imine (C=N–C) groups is 1. The molecule has 8 nitrogen and oxygen atoms in total. The molecule has 0 rings (SSSR count). The molecule has 0 radical (unpaired) electrons. The van der Waals surface area contributed by atoms with Gasteiger partial charge in [-0.05, 0) is 0 Å². The minimum atomic E-state index is -1.00. The van der Waals surface area contributed by atoms with E-state index >= 15 is 0 Å². The van der Waals surface area contributed by atoms with E-state index in [1.807, 2.05) is 0 Å². The summed E-state index contributed by atoms with van der Waals surface area (Å²) >= 11 is 0. The van der Waals surface area contributed by atoms with Gasteiger partial charge in [-0.2, -0.15) is 11.1 Å². The average molecular weight is 144 g/mol. The van der Waals surface area contributed by atoms with E-state index in [1.165, 1.54) is 6.19 Å². The first-order valence-electron chi connectivity index (χ1n) is 2.01. The fourth-order valence-corrected chi connectivity index (χ4v) is 0.186. The van der Waals surface area contributed by atoms with E-state index in [1.54, 1.807) is 0 Å². The molecule has 0 heterocycles. The van der Waals surface area contributed by atoms with Crippen molar-refractivity contribution in [1.29, 1.82) is 5.26 Å². The lowest BCUT2D eigenvalue weighted by atomic mass is 11.0. The van der Waals surface area contributed by atoms with Crippen molar-refractivity contribution in [1.82, 2.24) is 5.12 Å². The molecule has 4 N–H and O–H groups in total. The molecule has 0 spiro atoms. The van der Waals surface area contributed by atoms with E-state index in [2.05, 4.69) is 10.8 Å². The molecule has 0 bridgehead atoms. The first-order valence-corrected chi connectivity index (χ1v) is 2.01. The minimum absolute atomic E-state index is 0.0524. The van der Waals surface area contributed by atoms with Crippen LogP contribution in [0.4, 0.5) is 0 Å². The molecule has 0 aliphatic carbocycles. The summed E-state index contributed by atoms with van der Waals surface area (Å²) in [5.74, 6) is 4.01. The molecular formula is C2H4N6O2. The molecule has 0 aromatic rings. The molecule has 0 aliphatic heterocycles. The Bertz CT molecular complexity index is 202. The maximum absolute atomic E-state index is 9.75. The van der Waals surface area contributed by atoms with Crippen LogP contribution >= 0.6 is 0 Å². The first-order chi connectivity index (χ1) is 4.59. The Labute approximate surface area is 55.4 Å². The van der Waals surface area contributed by atoms with Crippen molar-refractivity contribution < 1.29 is 5.03 Å². The number of nitrogens with two attached hydrogens (primary N) is 2.